The summed E-state index contributed by atoms with van der Waals surface area (Å²) in [5, 5.41) is 3.15. The van der Waals surface area contributed by atoms with Crippen LogP contribution in [0.2, 0.25) is 0 Å². The number of benzene rings is 2. The summed E-state index contributed by atoms with van der Waals surface area (Å²) < 4.78 is 21.3. The maximum atomic E-state index is 5.91. The third kappa shape index (κ3) is 9.62. The Hall–Kier alpha value is -1.51. The molecule has 6 nitrogen and oxygen atoms in total. The van der Waals surface area contributed by atoms with E-state index in [0.29, 0.717) is 18.2 Å². The van der Waals surface area contributed by atoms with Crippen LogP contribution in [0.4, 0.5) is 0 Å². The third-order valence-electron chi connectivity index (χ3n) is 5.91. The van der Waals surface area contributed by atoms with Gasteiger partial charge in [0, 0.05) is 66.8 Å². The first-order chi connectivity index (χ1) is 16.3. The lowest BCUT2D eigenvalue weighted by molar-refractivity contribution is -0.0697. The van der Waals surface area contributed by atoms with Crippen molar-refractivity contribution < 1.29 is 18.9 Å². The molecule has 7 heteroatoms. The first-order valence-electron chi connectivity index (χ1n) is 12.1. The number of likely N-dealkylation sites (tertiary alicyclic amines) is 1. The molecule has 190 valence electrons. The van der Waals surface area contributed by atoms with E-state index in [1.165, 1.54) is 11.1 Å². The predicted octanol–water partition coefficient (Wildman–Crippen LogP) is 3.95. The highest BCUT2D eigenvalue weighted by Gasteiger charge is 2.34. The molecule has 0 aromatic heterocycles. The number of halogens is 1. The summed E-state index contributed by atoms with van der Waals surface area (Å²) in [6.07, 6.45) is 2.79. The van der Waals surface area contributed by atoms with Gasteiger partial charge in [0.2, 0.25) is 0 Å². The molecule has 0 saturated carbocycles. The topological polar surface area (TPSA) is 52.2 Å². The number of rotatable bonds is 13. The van der Waals surface area contributed by atoms with Gasteiger partial charge in [0.25, 0.3) is 0 Å². The van der Waals surface area contributed by atoms with Gasteiger partial charge in [-0.25, -0.2) is 0 Å². The van der Waals surface area contributed by atoms with Gasteiger partial charge in [-0.05, 0) is 24.0 Å². The molecule has 2 aromatic carbocycles. The van der Waals surface area contributed by atoms with Crippen molar-refractivity contribution in [3.05, 3.63) is 71.8 Å². The van der Waals surface area contributed by atoms with Gasteiger partial charge in [0.15, 0.2) is 0 Å². The van der Waals surface area contributed by atoms with E-state index in [1.807, 2.05) is 0 Å². The van der Waals surface area contributed by atoms with Crippen molar-refractivity contribution in [3.63, 3.8) is 0 Å². The molecular weight excluding hydrogens is 452 g/mol. The van der Waals surface area contributed by atoms with Crippen LogP contribution in [0.1, 0.15) is 30.0 Å². The summed E-state index contributed by atoms with van der Waals surface area (Å²) >= 11 is 0. The summed E-state index contributed by atoms with van der Waals surface area (Å²) in [4.78, 5) is 2.49. The maximum absolute atomic E-state index is 5.91. The van der Waals surface area contributed by atoms with Gasteiger partial charge in [0.1, 0.15) is 0 Å². The number of hydrogen-bond acceptors (Lipinski definition) is 6. The van der Waals surface area contributed by atoms with Gasteiger partial charge in [-0.1, -0.05) is 60.7 Å². The average molecular weight is 493 g/mol. The Labute approximate surface area is 211 Å². The molecule has 1 N–H and O–H groups in total. The zero-order valence-corrected chi connectivity index (χ0v) is 21.4. The lowest BCUT2D eigenvalue weighted by Crippen LogP contribution is -2.53. The molecule has 0 aliphatic carbocycles. The van der Waals surface area contributed by atoms with Gasteiger partial charge in [-0.15, -0.1) is 12.4 Å². The summed E-state index contributed by atoms with van der Waals surface area (Å²) in [5.41, 5.74) is 2.69. The zero-order valence-electron chi connectivity index (χ0n) is 20.6. The third-order valence-corrected chi connectivity index (χ3v) is 5.91. The van der Waals surface area contributed by atoms with Crippen molar-refractivity contribution >= 4 is 12.4 Å². The quantitative estimate of drug-likeness (QED) is 0.427. The van der Waals surface area contributed by atoms with Crippen LogP contribution in [0.15, 0.2) is 60.7 Å². The highest BCUT2D eigenvalue weighted by Crippen LogP contribution is 2.32. The fourth-order valence-electron chi connectivity index (χ4n) is 3.96. The molecule has 2 aliphatic rings. The standard InChI is InChI=1S/C20H25NO2.C7H15NO2.ClH/c1-22-13-8-14-23-19-15-21(16-19)20(17-9-4-2-5-10-17)18-11-6-3-7-12-18;1-9-3-2-4-10-7-5-8-6-7;/h2-7,9-12,19-20H,8,13-16H2,1H3;7-8H,2-6H2,1H3;1H. The van der Waals surface area contributed by atoms with E-state index in [9.17, 15) is 0 Å². The molecule has 0 amide bonds. The molecule has 0 atom stereocenters. The van der Waals surface area contributed by atoms with E-state index in [-0.39, 0.29) is 12.4 Å². The van der Waals surface area contributed by atoms with Crippen LogP contribution < -0.4 is 5.32 Å². The molecule has 2 fully saturated rings. The number of nitrogens with zero attached hydrogens (tertiary/aromatic N) is 1. The number of methoxy groups -OCH3 is 2. The first-order valence-corrected chi connectivity index (χ1v) is 12.1. The molecule has 4 rings (SSSR count). The molecule has 0 spiro atoms. The molecule has 2 aromatic rings. The van der Waals surface area contributed by atoms with Crippen molar-refractivity contribution in [1.82, 2.24) is 10.2 Å². The Morgan fingerprint density at radius 2 is 1.21 bits per heavy atom. The van der Waals surface area contributed by atoms with Crippen LogP contribution in [-0.2, 0) is 18.9 Å². The van der Waals surface area contributed by atoms with E-state index in [1.54, 1.807) is 14.2 Å². The summed E-state index contributed by atoms with van der Waals surface area (Å²) in [7, 11) is 3.44. The van der Waals surface area contributed by atoms with Crippen LogP contribution in [0.25, 0.3) is 0 Å². The Bertz CT molecular complexity index is 703. The molecule has 0 unspecified atom stereocenters. The number of ether oxygens (including phenoxy) is 4. The summed E-state index contributed by atoms with van der Waals surface area (Å²) in [5.74, 6) is 0. The highest BCUT2D eigenvalue weighted by atomic mass is 35.5. The molecule has 2 heterocycles. The molecule has 0 radical (unpaired) electrons. The average Bonchev–Trinajstić information content (AvgIpc) is 2.80. The van der Waals surface area contributed by atoms with Crippen LogP contribution >= 0.6 is 12.4 Å². The minimum absolute atomic E-state index is 0. The first kappa shape index (κ1) is 28.7. The Morgan fingerprint density at radius 1 is 0.735 bits per heavy atom. The van der Waals surface area contributed by atoms with Crippen molar-refractivity contribution in [2.24, 2.45) is 0 Å². The molecule has 2 saturated heterocycles. The monoisotopic (exact) mass is 492 g/mol. The second-order valence-electron chi connectivity index (χ2n) is 8.51. The second-order valence-corrected chi connectivity index (χ2v) is 8.51. The van der Waals surface area contributed by atoms with Gasteiger partial charge in [0.05, 0.1) is 18.2 Å². The minimum Gasteiger partial charge on any atom is -0.385 e. The van der Waals surface area contributed by atoms with Crippen molar-refractivity contribution in [2.75, 3.05) is 66.8 Å². The normalized spacial score (nSPS) is 16.2. The van der Waals surface area contributed by atoms with Gasteiger partial charge < -0.3 is 24.3 Å². The predicted molar refractivity (Wildman–Crippen MR) is 139 cm³/mol. The van der Waals surface area contributed by atoms with Gasteiger partial charge in [-0.3, -0.25) is 4.90 Å². The van der Waals surface area contributed by atoms with Crippen LogP contribution in [0, 0.1) is 0 Å². The van der Waals surface area contributed by atoms with Crippen molar-refractivity contribution in [1.29, 1.82) is 0 Å². The Balaban J connectivity index is 0.000000314. The number of nitrogens with one attached hydrogen (secondary N) is 1. The minimum atomic E-state index is 0. The Kier molecular flexibility index (Phi) is 14.4. The fourth-order valence-corrected chi connectivity index (χ4v) is 3.96. The van der Waals surface area contributed by atoms with Crippen LogP contribution in [0.5, 0.6) is 0 Å². The zero-order chi connectivity index (χ0) is 23.1. The lowest BCUT2D eigenvalue weighted by Gasteiger charge is -2.44. The second kappa shape index (κ2) is 17.0. The van der Waals surface area contributed by atoms with E-state index in [2.05, 4.69) is 70.9 Å². The van der Waals surface area contributed by atoms with Gasteiger partial charge >= 0.3 is 0 Å². The smallest absolute Gasteiger partial charge is 0.0829 e. The maximum Gasteiger partial charge on any atom is 0.0829 e. The van der Waals surface area contributed by atoms with Crippen LogP contribution in [-0.4, -0.2) is 83.9 Å². The Morgan fingerprint density at radius 3 is 1.62 bits per heavy atom. The summed E-state index contributed by atoms with van der Waals surface area (Å²) in [6, 6.07) is 21.8. The van der Waals surface area contributed by atoms with E-state index >= 15 is 0 Å². The number of hydrogen-bond donors (Lipinski definition) is 1. The highest BCUT2D eigenvalue weighted by molar-refractivity contribution is 5.85. The van der Waals surface area contributed by atoms with E-state index in [4.69, 9.17) is 18.9 Å². The van der Waals surface area contributed by atoms with E-state index < -0.39 is 0 Å². The van der Waals surface area contributed by atoms with Crippen LogP contribution in [0.3, 0.4) is 0 Å². The molecule has 34 heavy (non-hydrogen) atoms. The lowest BCUT2D eigenvalue weighted by atomic mass is 9.94. The van der Waals surface area contributed by atoms with E-state index in [0.717, 1.165) is 65.4 Å². The van der Waals surface area contributed by atoms with Crippen molar-refractivity contribution in [3.8, 4) is 0 Å². The summed E-state index contributed by atoms with van der Waals surface area (Å²) in [6.45, 7) is 7.21. The largest absolute Gasteiger partial charge is 0.385 e. The molecule has 0 bridgehead atoms. The van der Waals surface area contributed by atoms with Crippen molar-refractivity contribution in [2.45, 2.75) is 31.1 Å². The SMILES string of the molecule is COCCCOC1CN(C(c2ccccc2)c2ccccc2)C1.COCCCOC1CNC1.Cl. The molecule has 2 aliphatic heterocycles. The molecular formula is C27H41ClN2O4. The fraction of sp³-hybridized carbons (Fsp3) is 0.556. The van der Waals surface area contributed by atoms with Gasteiger partial charge in [-0.2, -0.15) is 0 Å².